The molecule has 0 fully saturated rings. The standard InChI is InChI=1S/C12H14ClF3N2OS/c1-19-6-2-5-17-11(20)18-10-7-8(12(14,15)16)3-4-9(10)13/h3-4,7H,2,5-6H2,1H3,(H2,17,18,20). The highest BCUT2D eigenvalue weighted by Crippen LogP contribution is 2.33. The fourth-order valence-corrected chi connectivity index (χ4v) is 1.76. The second kappa shape index (κ2) is 7.66. The monoisotopic (exact) mass is 326 g/mol. The molecule has 1 aromatic rings. The van der Waals surface area contributed by atoms with Crippen molar-refractivity contribution in [1.82, 2.24) is 5.32 Å². The summed E-state index contributed by atoms with van der Waals surface area (Å²) in [5, 5.41) is 5.88. The number of benzene rings is 1. The van der Waals surface area contributed by atoms with Crippen LogP contribution in [0.25, 0.3) is 0 Å². The lowest BCUT2D eigenvalue weighted by atomic mass is 10.2. The zero-order valence-corrected chi connectivity index (χ0v) is 12.3. The van der Waals surface area contributed by atoms with Crippen molar-refractivity contribution >= 4 is 34.6 Å². The summed E-state index contributed by atoms with van der Waals surface area (Å²) >= 11 is 10.8. The summed E-state index contributed by atoms with van der Waals surface area (Å²) in [6.07, 6.45) is -3.69. The zero-order chi connectivity index (χ0) is 15.2. The normalized spacial score (nSPS) is 11.2. The first kappa shape index (κ1) is 17.0. The molecule has 0 amide bonds. The molecular weight excluding hydrogens is 313 g/mol. The summed E-state index contributed by atoms with van der Waals surface area (Å²) in [7, 11) is 1.58. The van der Waals surface area contributed by atoms with Crippen LogP contribution in [0.4, 0.5) is 18.9 Å². The zero-order valence-electron chi connectivity index (χ0n) is 10.7. The minimum absolute atomic E-state index is 0.116. The van der Waals surface area contributed by atoms with E-state index in [4.69, 9.17) is 28.6 Å². The predicted octanol–water partition coefficient (Wildman–Crippen LogP) is 3.68. The summed E-state index contributed by atoms with van der Waals surface area (Å²) < 4.78 is 42.6. The first-order chi connectivity index (χ1) is 9.34. The van der Waals surface area contributed by atoms with E-state index in [-0.39, 0.29) is 15.8 Å². The minimum atomic E-state index is -4.42. The molecular formula is C12H14ClF3N2OS. The van der Waals surface area contributed by atoms with Crippen LogP contribution in [-0.2, 0) is 10.9 Å². The summed E-state index contributed by atoms with van der Waals surface area (Å²) in [6, 6.07) is 3.02. The van der Waals surface area contributed by atoms with Crippen LogP contribution in [0, 0.1) is 0 Å². The summed E-state index contributed by atoms with van der Waals surface area (Å²) in [5.74, 6) is 0. The summed E-state index contributed by atoms with van der Waals surface area (Å²) in [6.45, 7) is 1.12. The molecule has 0 aromatic heterocycles. The molecule has 0 bridgehead atoms. The Balaban J connectivity index is 2.65. The number of nitrogens with one attached hydrogen (secondary N) is 2. The van der Waals surface area contributed by atoms with Crippen molar-refractivity contribution in [1.29, 1.82) is 0 Å². The van der Waals surface area contributed by atoms with Gasteiger partial charge in [-0.3, -0.25) is 0 Å². The van der Waals surface area contributed by atoms with Crippen LogP contribution in [0.5, 0.6) is 0 Å². The Labute approximate surface area is 125 Å². The lowest BCUT2D eigenvalue weighted by molar-refractivity contribution is -0.137. The van der Waals surface area contributed by atoms with E-state index in [0.717, 1.165) is 18.6 Å². The van der Waals surface area contributed by atoms with Crippen molar-refractivity contribution in [2.24, 2.45) is 0 Å². The molecule has 8 heteroatoms. The van der Waals surface area contributed by atoms with E-state index in [1.165, 1.54) is 6.07 Å². The Hall–Kier alpha value is -1.05. The quantitative estimate of drug-likeness (QED) is 0.639. The van der Waals surface area contributed by atoms with Gasteiger partial charge in [-0.2, -0.15) is 13.2 Å². The number of rotatable bonds is 5. The molecule has 0 aliphatic carbocycles. The van der Waals surface area contributed by atoms with Gasteiger partial charge < -0.3 is 15.4 Å². The molecule has 0 saturated heterocycles. The molecule has 1 aromatic carbocycles. The molecule has 20 heavy (non-hydrogen) atoms. The highest BCUT2D eigenvalue weighted by molar-refractivity contribution is 7.80. The van der Waals surface area contributed by atoms with E-state index in [9.17, 15) is 13.2 Å². The molecule has 0 saturated carbocycles. The van der Waals surface area contributed by atoms with Crippen LogP contribution < -0.4 is 10.6 Å². The molecule has 0 aliphatic rings. The number of hydrogen-bond donors (Lipinski definition) is 2. The van der Waals surface area contributed by atoms with Gasteiger partial charge in [0.25, 0.3) is 0 Å². The van der Waals surface area contributed by atoms with Crippen molar-refractivity contribution in [2.45, 2.75) is 12.6 Å². The van der Waals surface area contributed by atoms with E-state index in [1.807, 2.05) is 0 Å². The molecule has 0 heterocycles. The van der Waals surface area contributed by atoms with E-state index >= 15 is 0 Å². The molecule has 0 aliphatic heterocycles. The number of methoxy groups -OCH3 is 1. The first-order valence-electron chi connectivity index (χ1n) is 5.75. The van der Waals surface area contributed by atoms with Crippen LogP contribution in [0.15, 0.2) is 18.2 Å². The lowest BCUT2D eigenvalue weighted by Gasteiger charge is -2.14. The van der Waals surface area contributed by atoms with Crippen molar-refractivity contribution in [3.8, 4) is 0 Å². The highest BCUT2D eigenvalue weighted by Gasteiger charge is 2.31. The molecule has 2 N–H and O–H groups in total. The third-order valence-electron chi connectivity index (χ3n) is 2.35. The Morgan fingerprint density at radius 2 is 2.10 bits per heavy atom. The lowest BCUT2D eigenvalue weighted by Crippen LogP contribution is -2.30. The molecule has 3 nitrogen and oxygen atoms in total. The van der Waals surface area contributed by atoms with Crippen LogP contribution in [0.3, 0.4) is 0 Å². The Kier molecular flexibility index (Phi) is 6.51. The van der Waals surface area contributed by atoms with Crippen molar-refractivity contribution in [3.63, 3.8) is 0 Å². The topological polar surface area (TPSA) is 33.3 Å². The van der Waals surface area contributed by atoms with E-state index in [0.29, 0.717) is 13.2 Å². The SMILES string of the molecule is COCCCNC(=S)Nc1cc(C(F)(F)F)ccc1Cl. The van der Waals surface area contributed by atoms with E-state index in [1.54, 1.807) is 7.11 Å². The van der Waals surface area contributed by atoms with Gasteiger partial charge in [0.05, 0.1) is 16.3 Å². The van der Waals surface area contributed by atoms with Crippen molar-refractivity contribution in [3.05, 3.63) is 28.8 Å². The van der Waals surface area contributed by atoms with Crippen LogP contribution in [0.2, 0.25) is 5.02 Å². The fourth-order valence-electron chi connectivity index (χ4n) is 1.38. The second-order valence-corrected chi connectivity index (χ2v) is 4.74. The van der Waals surface area contributed by atoms with Crippen molar-refractivity contribution < 1.29 is 17.9 Å². The average Bonchev–Trinajstić information content (AvgIpc) is 2.36. The maximum Gasteiger partial charge on any atom is 0.416 e. The number of halogens is 4. The number of hydrogen-bond acceptors (Lipinski definition) is 2. The number of ether oxygens (including phenoxy) is 1. The van der Waals surface area contributed by atoms with Gasteiger partial charge in [-0.15, -0.1) is 0 Å². The molecule has 0 atom stereocenters. The third-order valence-corrected chi connectivity index (χ3v) is 2.93. The Bertz CT molecular complexity index is 469. The van der Waals surface area contributed by atoms with Gasteiger partial charge >= 0.3 is 6.18 Å². The van der Waals surface area contributed by atoms with E-state index < -0.39 is 11.7 Å². The van der Waals surface area contributed by atoms with Gasteiger partial charge in [-0.25, -0.2) is 0 Å². The second-order valence-electron chi connectivity index (χ2n) is 3.92. The minimum Gasteiger partial charge on any atom is -0.385 e. The largest absolute Gasteiger partial charge is 0.416 e. The van der Waals surface area contributed by atoms with Crippen LogP contribution >= 0.6 is 23.8 Å². The molecule has 112 valence electrons. The van der Waals surface area contributed by atoms with Crippen molar-refractivity contribution in [2.75, 3.05) is 25.6 Å². The molecule has 1 rings (SSSR count). The van der Waals surface area contributed by atoms with Gasteiger partial charge in [0.2, 0.25) is 0 Å². The van der Waals surface area contributed by atoms with E-state index in [2.05, 4.69) is 10.6 Å². The van der Waals surface area contributed by atoms with Gasteiger partial charge in [-0.05, 0) is 36.8 Å². The van der Waals surface area contributed by atoms with Gasteiger partial charge in [0.1, 0.15) is 0 Å². The van der Waals surface area contributed by atoms with Gasteiger partial charge in [-0.1, -0.05) is 11.6 Å². The number of anilines is 1. The maximum absolute atomic E-state index is 12.6. The predicted molar refractivity (Wildman–Crippen MR) is 77.2 cm³/mol. The maximum atomic E-state index is 12.6. The number of alkyl halides is 3. The third kappa shape index (κ3) is 5.52. The first-order valence-corrected chi connectivity index (χ1v) is 6.53. The summed E-state index contributed by atoms with van der Waals surface area (Å²) in [4.78, 5) is 0. The highest BCUT2D eigenvalue weighted by atomic mass is 35.5. The molecule has 0 spiro atoms. The van der Waals surface area contributed by atoms with Gasteiger partial charge in [0, 0.05) is 20.3 Å². The Morgan fingerprint density at radius 3 is 2.70 bits per heavy atom. The summed E-state index contributed by atoms with van der Waals surface area (Å²) in [5.41, 5.74) is -0.669. The fraction of sp³-hybridized carbons (Fsp3) is 0.417. The molecule has 0 radical (unpaired) electrons. The Morgan fingerprint density at radius 1 is 1.40 bits per heavy atom. The van der Waals surface area contributed by atoms with Gasteiger partial charge in [0.15, 0.2) is 5.11 Å². The average molecular weight is 327 g/mol. The van der Waals surface area contributed by atoms with Crippen LogP contribution in [-0.4, -0.2) is 25.4 Å². The smallest absolute Gasteiger partial charge is 0.385 e. The molecule has 0 unspecified atom stereocenters. The number of thiocarbonyl (C=S) groups is 1. The van der Waals surface area contributed by atoms with Crippen LogP contribution in [0.1, 0.15) is 12.0 Å².